The zero-order chi connectivity index (χ0) is 7.28. The van der Waals surface area contributed by atoms with E-state index in [1.54, 1.807) is 0 Å². The van der Waals surface area contributed by atoms with Crippen LogP contribution in [0.5, 0.6) is 0 Å². The van der Waals surface area contributed by atoms with Gasteiger partial charge in [0, 0.05) is 10.2 Å². The summed E-state index contributed by atoms with van der Waals surface area (Å²) in [5, 5.41) is 1.03. The van der Waals surface area contributed by atoms with Crippen LogP contribution >= 0.6 is 59.4 Å². The Morgan fingerprint density at radius 3 is 2.22 bits per heavy atom. The van der Waals surface area contributed by atoms with E-state index in [4.69, 9.17) is 11.6 Å². The number of rotatable bonds is 4. The zero-order valence-corrected chi connectivity index (χ0v) is 10.3. The maximum absolute atomic E-state index is 5.68. The second-order valence-corrected chi connectivity index (χ2v) is 5.95. The maximum Gasteiger partial charge on any atom is 0.0896 e. The zero-order valence-electron chi connectivity index (χ0n) is 4.79. The van der Waals surface area contributed by atoms with Crippen LogP contribution in [0, 0.1) is 0 Å². The van der Waals surface area contributed by atoms with E-state index in [-0.39, 0.29) is 4.29 Å². The number of hydrogen-bond donors (Lipinski definition) is 0. The minimum absolute atomic E-state index is 0.0981. The SMILES string of the molecule is ClC(Br)CC(Br)CCBr. The lowest BCUT2D eigenvalue weighted by atomic mass is 10.3. The molecule has 0 aliphatic rings. The molecule has 0 aliphatic carbocycles. The first-order valence-corrected chi connectivity index (χ1v) is 6.04. The van der Waals surface area contributed by atoms with Crippen LogP contribution in [-0.2, 0) is 0 Å². The van der Waals surface area contributed by atoms with E-state index in [0.717, 1.165) is 18.2 Å². The standard InChI is InChI=1S/C5H8Br3Cl/c6-2-1-4(7)3-5(8)9/h4-5H,1-3H2. The molecule has 0 heterocycles. The van der Waals surface area contributed by atoms with Gasteiger partial charge in [0.05, 0.1) is 4.29 Å². The van der Waals surface area contributed by atoms with Crippen LogP contribution in [0.3, 0.4) is 0 Å². The van der Waals surface area contributed by atoms with Crippen LogP contribution in [0.1, 0.15) is 12.8 Å². The van der Waals surface area contributed by atoms with Gasteiger partial charge in [-0.25, -0.2) is 0 Å². The minimum Gasteiger partial charge on any atom is -0.110 e. The second-order valence-electron chi connectivity index (χ2n) is 1.70. The second kappa shape index (κ2) is 6.44. The average Bonchev–Trinajstić information content (AvgIpc) is 1.63. The van der Waals surface area contributed by atoms with Crippen molar-refractivity contribution >= 4 is 59.4 Å². The lowest BCUT2D eigenvalue weighted by Crippen LogP contribution is -2.02. The van der Waals surface area contributed by atoms with Crippen molar-refractivity contribution in [3.05, 3.63) is 0 Å². The first kappa shape index (κ1) is 10.7. The molecule has 0 radical (unpaired) electrons. The summed E-state index contributed by atoms with van der Waals surface area (Å²) >= 11 is 15.8. The molecule has 0 saturated heterocycles. The van der Waals surface area contributed by atoms with Crippen LogP contribution in [0.25, 0.3) is 0 Å². The molecule has 0 aromatic rings. The predicted molar refractivity (Wildman–Crippen MR) is 54.3 cm³/mol. The average molecular weight is 343 g/mol. The van der Waals surface area contributed by atoms with Gasteiger partial charge in [0.2, 0.25) is 0 Å². The molecule has 0 bridgehead atoms. The largest absolute Gasteiger partial charge is 0.110 e. The van der Waals surface area contributed by atoms with Gasteiger partial charge >= 0.3 is 0 Å². The quantitative estimate of drug-likeness (QED) is 0.680. The molecule has 0 N–H and O–H groups in total. The maximum atomic E-state index is 5.68. The van der Waals surface area contributed by atoms with Crippen molar-refractivity contribution in [1.29, 1.82) is 0 Å². The van der Waals surface area contributed by atoms with E-state index >= 15 is 0 Å². The Labute approximate surface area is 86.1 Å². The third kappa shape index (κ3) is 7.63. The summed E-state index contributed by atoms with van der Waals surface area (Å²) in [4.78, 5) is 0.527. The van der Waals surface area contributed by atoms with Crippen molar-refractivity contribution < 1.29 is 0 Å². The molecule has 9 heavy (non-hydrogen) atoms. The molecule has 4 heteroatoms. The van der Waals surface area contributed by atoms with Crippen LogP contribution < -0.4 is 0 Å². The van der Waals surface area contributed by atoms with E-state index < -0.39 is 0 Å². The van der Waals surface area contributed by atoms with Crippen molar-refractivity contribution in [2.24, 2.45) is 0 Å². The molecule has 56 valence electrons. The highest BCUT2D eigenvalue weighted by molar-refractivity contribution is 9.10. The summed E-state index contributed by atoms with van der Waals surface area (Å²) in [6.07, 6.45) is 2.09. The minimum atomic E-state index is 0.0981. The Bertz CT molecular complexity index is 67.2. The molecule has 0 spiro atoms. The fraction of sp³-hybridized carbons (Fsp3) is 1.00. The molecular weight excluding hydrogens is 335 g/mol. The molecule has 0 aromatic carbocycles. The van der Waals surface area contributed by atoms with Gasteiger partial charge in [-0.3, -0.25) is 0 Å². The summed E-state index contributed by atoms with van der Waals surface area (Å²) in [7, 11) is 0. The van der Waals surface area contributed by atoms with Crippen molar-refractivity contribution in [2.75, 3.05) is 5.33 Å². The first-order valence-electron chi connectivity index (χ1n) is 2.65. The van der Waals surface area contributed by atoms with Crippen LogP contribution in [0.4, 0.5) is 0 Å². The smallest absolute Gasteiger partial charge is 0.0896 e. The fourth-order valence-corrected chi connectivity index (χ4v) is 3.58. The van der Waals surface area contributed by atoms with Crippen LogP contribution in [-0.4, -0.2) is 14.4 Å². The molecule has 0 amide bonds. The highest BCUT2D eigenvalue weighted by Gasteiger charge is 2.07. The molecule has 0 saturated carbocycles. The molecule has 0 fully saturated rings. The van der Waals surface area contributed by atoms with E-state index in [2.05, 4.69) is 47.8 Å². The lowest BCUT2D eigenvalue weighted by Gasteiger charge is -2.06. The van der Waals surface area contributed by atoms with Crippen LogP contribution in [0.2, 0.25) is 0 Å². The van der Waals surface area contributed by atoms with Crippen molar-refractivity contribution in [2.45, 2.75) is 22.0 Å². The molecule has 0 rings (SSSR count). The van der Waals surface area contributed by atoms with E-state index in [0.29, 0.717) is 4.83 Å². The van der Waals surface area contributed by atoms with Gasteiger partial charge in [0.1, 0.15) is 0 Å². The monoisotopic (exact) mass is 340 g/mol. The van der Waals surface area contributed by atoms with Crippen molar-refractivity contribution in [3.63, 3.8) is 0 Å². The van der Waals surface area contributed by atoms with Gasteiger partial charge in [-0.1, -0.05) is 47.8 Å². The Balaban J connectivity index is 3.15. The normalized spacial score (nSPS) is 17.3. The Hall–Kier alpha value is 1.73. The third-order valence-electron chi connectivity index (χ3n) is 0.856. The van der Waals surface area contributed by atoms with Gasteiger partial charge < -0.3 is 0 Å². The molecule has 2 unspecified atom stereocenters. The summed E-state index contributed by atoms with van der Waals surface area (Å²) in [5.74, 6) is 0. The molecular formula is C5H8Br3Cl. The number of alkyl halides is 4. The highest BCUT2D eigenvalue weighted by Crippen LogP contribution is 2.20. The van der Waals surface area contributed by atoms with Gasteiger partial charge in [-0.05, 0) is 12.8 Å². The van der Waals surface area contributed by atoms with E-state index in [1.807, 2.05) is 0 Å². The van der Waals surface area contributed by atoms with E-state index in [1.165, 1.54) is 0 Å². The summed E-state index contributed by atoms with van der Waals surface area (Å²) in [6, 6.07) is 0. The van der Waals surface area contributed by atoms with Crippen molar-refractivity contribution in [1.82, 2.24) is 0 Å². The van der Waals surface area contributed by atoms with Gasteiger partial charge in [-0.2, -0.15) is 0 Å². The Morgan fingerprint density at radius 2 is 1.89 bits per heavy atom. The Morgan fingerprint density at radius 1 is 1.33 bits per heavy atom. The number of hydrogen-bond acceptors (Lipinski definition) is 0. The molecule has 0 nitrogen and oxygen atoms in total. The Kier molecular flexibility index (Phi) is 7.68. The topological polar surface area (TPSA) is 0 Å². The summed E-state index contributed by atoms with van der Waals surface area (Å²) < 4.78 is 0.0981. The first-order chi connectivity index (χ1) is 4.16. The molecule has 0 aromatic heterocycles. The van der Waals surface area contributed by atoms with Crippen LogP contribution in [0.15, 0.2) is 0 Å². The van der Waals surface area contributed by atoms with Gasteiger partial charge in [0.25, 0.3) is 0 Å². The van der Waals surface area contributed by atoms with Gasteiger partial charge in [-0.15, -0.1) is 11.6 Å². The molecule has 2 atom stereocenters. The third-order valence-corrected chi connectivity index (χ3v) is 2.70. The predicted octanol–water partition coefficient (Wildman–Crippen LogP) is 3.88. The highest BCUT2D eigenvalue weighted by atomic mass is 79.9. The number of halogens is 4. The fourth-order valence-electron chi connectivity index (χ4n) is 0.430. The summed E-state index contributed by atoms with van der Waals surface area (Å²) in [5.41, 5.74) is 0. The van der Waals surface area contributed by atoms with E-state index in [9.17, 15) is 0 Å². The van der Waals surface area contributed by atoms with Gasteiger partial charge in [0.15, 0.2) is 0 Å². The molecule has 0 aliphatic heterocycles. The lowest BCUT2D eigenvalue weighted by molar-refractivity contribution is 0.807. The summed E-state index contributed by atoms with van der Waals surface area (Å²) in [6.45, 7) is 0. The van der Waals surface area contributed by atoms with Crippen molar-refractivity contribution in [3.8, 4) is 0 Å².